The molecule has 1 aliphatic carbocycles. The molecule has 0 radical (unpaired) electrons. The number of aliphatic hydroxyl groups excluding tert-OH is 1. The number of hydrogen-bond acceptors (Lipinski definition) is 9. The Morgan fingerprint density at radius 1 is 0.750 bits per heavy atom. The van der Waals surface area contributed by atoms with Crippen molar-refractivity contribution < 1.29 is 38.9 Å². The van der Waals surface area contributed by atoms with Crippen molar-refractivity contribution in [1.82, 2.24) is 15.1 Å². The summed E-state index contributed by atoms with van der Waals surface area (Å²) in [6.45, 7) is 2.60. The van der Waals surface area contributed by atoms with Gasteiger partial charge in [-0.2, -0.15) is 0 Å². The zero-order valence-corrected chi connectivity index (χ0v) is 41.0. The number of rotatable bonds is 9. The molecule has 4 heterocycles. The van der Waals surface area contributed by atoms with Crippen molar-refractivity contribution in [2.75, 3.05) is 31.2 Å². The Hall–Kier alpha value is -6.78. The molecule has 372 valence electrons. The SMILES string of the molecule is C[C@@H](NC(=O)N1C(=O)[C@@]2(c3cc(C#CC4(O)CCCCCC4)ccc31)[C@H](c1ccc(OCCO)cc1)N1[C@H](c3ccccc3)[C@H](c3ccccc3)OC(=O)[C@H]1[C@@H]2C(=O)N1CCCCCCC1)c1ccccc1. The summed E-state index contributed by atoms with van der Waals surface area (Å²) >= 11 is 0. The van der Waals surface area contributed by atoms with E-state index in [9.17, 15) is 10.2 Å². The lowest BCUT2D eigenvalue weighted by Crippen LogP contribution is -2.57. The fraction of sp³-hybridized carbons (Fsp3) is 0.400. The second kappa shape index (κ2) is 21.1. The molecule has 4 amide bonds. The molecular weight excluding hydrogens is 905 g/mol. The van der Waals surface area contributed by atoms with Crippen LogP contribution in [-0.4, -0.2) is 81.8 Å². The highest BCUT2D eigenvalue weighted by Crippen LogP contribution is 2.66. The van der Waals surface area contributed by atoms with E-state index in [1.807, 2.05) is 121 Å². The number of imide groups is 1. The van der Waals surface area contributed by atoms with Crippen LogP contribution in [0.1, 0.15) is 135 Å². The van der Waals surface area contributed by atoms with E-state index in [4.69, 9.17) is 9.47 Å². The van der Waals surface area contributed by atoms with Crippen molar-refractivity contribution in [1.29, 1.82) is 0 Å². The van der Waals surface area contributed by atoms with Gasteiger partial charge in [0.15, 0.2) is 0 Å². The maximum atomic E-state index is 16.9. The molecule has 4 aliphatic heterocycles. The number of esters is 1. The van der Waals surface area contributed by atoms with E-state index in [0.717, 1.165) is 74.5 Å². The molecule has 0 bridgehead atoms. The van der Waals surface area contributed by atoms with Gasteiger partial charge in [0.2, 0.25) is 11.8 Å². The number of nitrogens with one attached hydrogen (secondary N) is 1. The number of hydrogen-bond donors (Lipinski definition) is 3. The summed E-state index contributed by atoms with van der Waals surface area (Å²) in [5.74, 6) is 3.96. The smallest absolute Gasteiger partial charge is 0.329 e. The predicted molar refractivity (Wildman–Crippen MR) is 274 cm³/mol. The minimum atomic E-state index is -1.95. The van der Waals surface area contributed by atoms with Gasteiger partial charge in [0.1, 0.15) is 35.5 Å². The number of likely N-dealkylation sites (tertiary alicyclic amines) is 1. The molecule has 0 aromatic heterocycles. The molecule has 12 nitrogen and oxygen atoms in total. The van der Waals surface area contributed by atoms with Gasteiger partial charge in [0.05, 0.1) is 36.3 Å². The highest BCUT2D eigenvalue weighted by molar-refractivity contribution is 6.24. The van der Waals surface area contributed by atoms with Gasteiger partial charge in [0, 0.05) is 18.7 Å². The molecule has 10 rings (SSSR count). The van der Waals surface area contributed by atoms with Crippen LogP contribution in [0, 0.1) is 17.8 Å². The number of cyclic esters (lactones) is 1. The fourth-order valence-corrected chi connectivity index (χ4v) is 12.2. The Labute approximate surface area is 422 Å². The maximum Gasteiger partial charge on any atom is 0.329 e. The minimum Gasteiger partial charge on any atom is -0.491 e. The van der Waals surface area contributed by atoms with E-state index >= 15 is 19.2 Å². The molecular formula is C60H64N4O8. The van der Waals surface area contributed by atoms with Crippen molar-refractivity contribution in [3.05, 3.63) is 167 Å². The van der Waals surface area contributed by atoms with Gasteiger partial charge >= 0.3 is 12.0 Å². The molecule has 1 saturated carbocycles. The Morgan fingerprint density at radius 2 is 1.36 bits per heavy atom. The lowest BCUT2D eigenvalue weighted by Gasteiger charge is -2.46. The molecule has 5 aromatic carbocycles. The van der Waals surface area contributed by atoms with Crippen LogP contribution in [0.5, 0.6) is 5.75 Å². The molecule has 1 spiro atoms. The second-order valence-corrected chi connectivity index (χ2v) is 20.1. The topological polar surface area (TPSA) is 149 Å². The van der Waals surface area contributed by atoms with E-state index in [-0.39, 0.29) is 24.8 Å². The van der Waals surface area contributed by atoms with Crippen molar-refractivity contribution in [2.45, 2.75) is 119 Å². The van der Waals surface area contributed by atoms with E-state index in [1.165, 1.54) is 4.90 Å². The number of nitrogens with zero attached hydrogens (tertiary/aromatic N) is 3. The molecule has 0 unspecified atom stereocenters. The molecule has 72 heavy (non-hydrogen) atoms. The van der Waals surface area contributed by atoms with Crippen LogP contribution >= 0.6 is 0 Å². The number of ether oxygens (including phenoxy) is 2. The van der Waals surface area contributed by atoms with Crippen LogP contribution in [0.25, 0.3) is 0 Å². The summed E-state index contributed by atoms with van der Waals surface area (Å²) in [6, 6.07) is 37.1. The normalized spacial score (nSPS) is 25.4. The molecule has 3 saturated heterocycles. The third kappa shape index (κ3) is 9.19. The fourth-order valence-electron chi connectivity index (χ4n) is 12.2. The van der Waals surface area contributed by atoms with Crippen LogP contribution in [0.15, 0.2) is 133 Å². The number of fused-ring (bicyclic) bond motifs is 3. The first-order valence-electron chi connectivity index (χ1n) is 25.9. The average Bonchev–Trinajstić information content (AvgIpc) is 3.73. The van der Waals surface area contributed by atoms with Gasteiger partial charge in [-0.3, -0.25) is 19.3 Å². The van der Waals surface area contributed by atoms with Crippen LogP contribution in [0.4, 0.5) is 10.5 Å². The van der Waals surface area contributed by atoms with Crippen LogP contribution < -0.4 is 15.0 Å². The third-order valence-corrected chi connectivity index (χ3v) is 15.7. The van der Waals surface area contributed by atoms with Crippen molar-refractivity contribution in [3.8, 4) is 17.6 Å². The van der Waals surface area contributed by atoms with Crippen LogP contribution in [0.2, 0.25) is 0 Å². The first-order chi connectivity index (χ1) is 35.1. The van der Waals surface area contributed by atoms with Gasteiger partial charge in [0.25, 0.3) is 0 Å². The largest absolute Gasteiger partial charge is 0.491 e. The lowest BCUT2D eigenvalue weighted by molar-refractivity contribution is -0.179. The lowest BCUT2D eigenvalue weighted by atomic mass is 9.64. The quantitative estimate of drug-likeness (QED) is 0.0747. The summed E-state index contributed by atoms with van der Waals surface area (Å²) < 4.78 is 12.6. The maximum absolute atomic E-state index is 16.9. The first-order valence-corrected chi connectivity index (χ1v) is 25.9. The standard InChI is InChI=1S/C60H64N4O8/c1-41(43-20-10-7-11-21-43)61-58(69)63-49-31-26-42(32-35-59(70)33-16-3-4-17-34-59)40-48(49)60(57(63)68)50(55(66)62-36-18-5-2-6-19-37-62)52-56(67)72-53(45-24-14-9-15-25-45)51(44-22-12-8-13-23-44)64(52)54(60)46-27-29-47(30-28-46)71-39-38-65/h7-15,20-31,40-41,50-54,65,70H,2-6,16-19,33-34,36-39H2,1H3,(H,61,69)/t41-,50-,51-,52-,53+,54+,60-/m1/s1. The van der Waals surface area contributed by atoms with E-state index in [2.05, 4.69) is 22.1 Å². The van der Waals surface area contributed by atoms with Crippen LogP contribution in [0.3, 0.4) is 0 Å². The summed E-state index contributed by atoms with van der Waals surface area (Å²) in [5, 5.41) is 24.6. The Kier molecular flexibility index (Phi) is 14.3. The molecule has 7 atom stereocenters. The summed E-state index contributed by atoms with van der Waals surface area (Å²) in [6.07, 6.45) is 8.37. The van der Waals surface area contributed by atoms with Gasteiger partial charge < -0.3 is 29.9 Å². The highest BCUT2D eigenvalue weighted by atomic mass is 16.6. The number of carbonyl (C=O) groups excluding carboxylic acids is 4. The molecule has 4 fully saturated rings. The van der Waals surface area contributed by atoms with E-state index in [1.54, 1.807) is 24.3 Å². The number of benzene rings is 5. The Bertz CT molecular complexity index is 2800. The minimum absolute atomic E-state index is 0.0598. The van der Waals surface area contributed by atoms with E-state index < -0.39 is 65.1 Å². The number of amides is 4. The first kappa shape index (κ1) is 48.8. The summed E-state index contributed by atoms with van der Waals surface area (Å²) in [5.41, 5.74) is 0.979. The van der Waals surface area contributed by atoms with Gasteiger partial charge in [-0.1, -0.05) is 147 Å². The van der Waals surface area contributed by atoms with Crippen LogP contribution in [-0.2, 0) is 24.5 Å². The van der Waals surface area contributed by atoms with Crippen molar-refractivity contribution in [2.24, 2.45) is 5.92 Å². The Balaban J connectivity index is 1.26. The van der Waals surface area contributed by atoms with E-state index in [0.29, 0.717) is 48.4 Å². The summed E-state index contributed by atoms with van der Waals surface area (Å²) in [7, 11) is 0. The molecule has 12 heteroatoms. The average molecular weight is 969 g/mol. The van der Waals surface area contributed by atoms with Gasteiger partial charge in [-0.15, -0.1) is 0 Å². The molecule has 5 aromatic rings. The highest BCUT2D eigenvalue weighted by Gasteiger charge is 2.76. The number of carbonyl (C=O) groups is 4. The molecule has 3 N–H and O–H groups in total. The number of urea groups is 1. The van der Waals surface area contributed by atoms with Crippen molar-refractivity contribution >= 4 is 29.5 Å². The zero-order chi connectivity index (χ0) is 49.8. The third-order valence-electron chi connectivity index (χ3n) is 15.7. The second-order valence-electron chi connectivity index (χ2n) is 20.1. The van der Waals surface area contributed by atoms with Gasteiger partial charge in [-0.25, -0.2) is 9.69 Å². The van der Waals surface area contributed by atoms with Crippen molar-refractivity contribution in [3.63, 3.8) is 0 Å². The monoisotopic (exact) mass is 968 g/mol. The number of aliphatic hydroxyl groups is 2. The number of morpholine rings is 1. The van der Waals surface area contributed by atoms with Gasteiger partial charge in [-0.05, 0) is 104 Å². The summed E-state index contributed by atoms with van der Waals surface area (Å²) in [4.78, 5) is 69.3. The Morgan fingerprint density at radius 3 is 2.01 bits per heavy atom. The predicted octanol–water partition coefficient (Wildman–Crippen LogP) is 9.42. The zero-order valence-electron chi connectivity index (χ0n) is 41.0. The number of anilines is 1. The molecule has 5 aliphatic rings.